The zero-order chi connectivity index (χ0) is 9.30. The maximum absolute atomic E-state index is 9.25. The topological polar surface area (TPSA) is 101 Å². The van der Waals surface area contributed by atoms with Gasteiger partial charge in [0.05, 0.1) is 24.9 Å². The molecule has 1 rings (SSSR count). The summed E-state index contributed by atoms with van der Waals surface area (Å²) in [6.07, 6.45) is -4.33. The van der Waals surface area contributed by atoms with Crippen LogP contribution in [0.4, 0.5) is 0 Å². The minimum atomic E-state index is -1.21. The molecule has 5 nitrogen and oxygen atoms in total. The van der Waals surface area contributed by atoms with Crippen molar-refractivity contribution in [2.75, 3.05) is 6.61 Å². The minimum Gasteiger partial charge on any atom is -0.394 e. The second-order valence-corrected chi connectivity index (χ2v) is 3.20. The Hall–Kier alpha value is -0.200. The van der Waals surface area contributed by atoms with Crippen LogP contribution < -0.4 is 0 Å². The van der Waals surface area contributed by atoms with E-state index in [0.717, 1.165) is 0 Å². The van der Waals surface area contributed by atoms with Crippen LogP contribution in [0.2, 0.25) is 0 Å². The summed E-state index contributed by atoms with van der Waals surface area (Å²) in [5, 5.41) is 45.1. The van der Waals surface area contributed by atoms with Gasteiger partial charge in [-0.1, -0.05) is 0 Å². The van der Waals surface area contributed by atoms with Crippen LogP contribution in [-0.4, -0.2) is 56.6 Å². The van der Waals surface area contributed by atoms with Gasteiger partial charge in [0.1, 0.15) is 6.10 Å². The van der Waals surface area contributed by atoms with E-state index in [1.165, 1.54) is 0 Å². The molecule has 0 saturated heterocycles. The zero-order valence-electron chi connectivity index (χ0n) is 6.54. The lowest BCUT2D eigenvalue weighted by atomic mass is 9.99. The van der Waals surface area contributed by atoms with E-state index in [4.69, 9.17) is 20.4 Å². The van der Waals surface area contributed by atoms with Crippen molar-refractivity contribution in [2.24, 2.45) is 5.92 Å². The summed E-state index contributed by atoms with van der Waals surface area (Å²) >= 11 is 0. The highest BCUT2D eigenvalue weighted by atomic mass is 16.4. The van der Waals surface area contributed by atoms with Gasteiger partial charge in [-0.2, -0.15) is 0 Å². The Kier molecular flexibility index (Phi) is 3.03. The molecule has 1 fully saturated rings. The van der Waals surface area contributed by atoms with Crippen LogP contribution in [-0.2, 0) is 0 Å². The third-order valence-electron chi connectivity index (χ3n) is 2.38. The SMILES string of the molecule is OC[C@H](O)[C@H]1C[C@@H](O)[C@H](O)[C@H]1O. The summed E-state index contributed by atoms with van der Waals surface area (Å²) in [4.78, 5) is 0. The van der Waals surface area contributed by atoms with E-state index in [9.17, 15) is 5.11 Å². The molecular weight excluding hydrogens is 164 g/mol. The molecule has 0 heterocycles. The predicted molar refractivity (Wildman–Crippen MR) is 39.2 cm³/mol. The molecule has 0 aromatic rings. The fourth-order valence-electron chi connectivity index (χ4n) is 1.56. The van der Waals surface area contributed by atoms with Crippen LogP contribution >= 0.6 is 0 Å². The first kappa shape index (κ1) is 9.88. The van der Waals surface area contributed by atoms with Crippen molar-refractivity contribution in [1.29, 1.82) is 0 Å². The third-order valence-corrected chi connectivity index (χ3v) is 2.38. The molecule has 1 saturated carbocycles. The van der Waals surface area contributed by atoms with Crippen molar-refractivity contribution in [3.8, 4) is 0 Å². The van der Waals surface area contributed by atoms with Gasteiger partial charge >= 0.3 is 0 Å². The summed E-state index contributed by atoms with van der Waals surface area (Å²) in [7, 11) is 0. The minimum absolute atomic E-state index is 0.115. The zero-order valence-corrected chi connectivity index (χ0v) is 6.54. The number of aliphatic hydroxyl groups is 5. The first-order valence-corrected chi connectivity index (χ1v) is 3.91. The summed E-state index contributed by atoms with van der Waals surface area (Å²) in [6, 6.07) is 0. The highest BCUT2D eigenvalue weighted by Gasteiger charge is 2.43. The van der Waals surface area contributed by atoms with Gasteiger partial charge in [-0.15, -0.1) is 0 Å². The standard InChI is InChI=1S/C7H14O5/c8-2-5(10)3-1-4(9)7(12)6(3)11/h3-12H,1-2H2/t3-,4-,5+,6+,7+/m1/s1. The Morgan fingerprint density at radius 3 is 2.08 bits per heavy atom. The van der Waals surface area contributed by atoms with Crippen LogP contribution in [0.5, 0.6) is 0 Å². The van der Waals surface area contributed by atoms with Gasteiger partial charge in [-0.25, -0.2) is 0 Å². The lowest BCUT2D eigenvalue weighted by Gasteiger charge is -2.19. The van der Waals surface area contributed by atoms with Crippen LogP contribution in [0.3, 0.4) is 0 Å². The summed E-state index contributed by atoms with van der Waals surface area (Å²) in [5.41, 5.74) is 0. The average molecular weight is 178 g/mol. The van der Waals surface area contributed by atoms with Gasteiger partial charge < -0.3 is 25.5 Å². The molecular formula is C7H14O5. The normalized spacial score (nSPS) is 44.8. The van der Waals surface area contributed by atoms with Crippen molar-refractivity contribution in [3.63, 3.8) is 0 Å². The summed E-state index contributed by atoms with van der Waals surface area (Å²) in [6.45, 7) is -0.471. The van der Waals surface area contributed by atoms with E-state index in [2.05, 4.69) is 0 Å². The van der Waals surface area contributed by atoms with E-state index in [1.54, 1.807) is 0 Å². The quantitative estimate of drug-likeness (QED) is 0.320. The summed E-state index contributed by atoms with van der Waals surface area (Å²) in [5.74, 6) is -0.639. The molecule has 5 atom stereocenters. The maximum Gasteiger partial charge on any atom is 0.106 e. The van der Waals surface area contributed by atoms with E-state index in [0.29, 0.717) is 0 Å². The van der Waals surface area contributed by atoms with Gasteiger partial charge in [0, 0.05) is 5.92 Å². The predicted octanol–water partition coefficient (Wildman–Crippen LogP) is -2.56. The van der Waals surface area contributed by atoms with E-state index in [1.807, 2.05) is 0 Å². The fraction of sp³-hybridized carbons (Fsp3) is 1.00. The molecule has 0 aromatic carbocycles. The van der Waals surface area contributed by atoms with Gasteiger partial charge in [-0.05, 0) is 6.42 Å². The number of hydrogen-bond acceptors (Lipinski definition) is 5. The number of rotatable bonds is 2. The lowest BCUT2D eigenvalue weighted by Crippen LogP contribution is -2.35. The van der Waals surface area contributed by atoms with Gasteiger partial charge in [0.25, 0.3) is 0 Å². The molecule has 0 amide bonds. The van der Waals surface area contributed by atoms with Crippen LogP contribution in [0, 0.1) is 5.92 Å². The van der Waals surface area contributed by atoms with Crippen molar-refractivity contribution < 1.29 is 25.5 Å². The third kappa shape index (κ3) is 1.60. The molecule has 0 bridgehead atoms. The molecule has 72 valence electrons. The lowest BCUT2D eigenvalue weighted by molar-refractivity contribution is -0.0496. The molecule has 1 aliphatic carbocycles. The van der Waals surface area contributed by atoms with Gasteiger partial charge in [-0.3, -0.25) is 0 Å². The Labute approximate surface area is 69.9 Å². The monoisotopic (exact) mass is 178 g/mol. The second kappa shape index (κ2) is 3.68. The van der Waals surface area contributed by atoms with Crippen LogP contribution in [0.1, 0.15) is 6.42 Å². The first-order valence-electron chi connectivity index (χ1n) is 3.91. The van der Waals surface area contributed by atoms with Crippen molar-refractivity contribution in [1.82, 2.24) is 0 Å². The Morgan fingerprint density at radius 2 is 1.75 bits per heavy atom. The average Bonchev–Trinajstić information content (AvgIpc) is 2.32. The molecule has 0 aliphatic heterocycles. The fourth-order valence-corrected chi connectivity index (χ4v) is 1.56. The molecule has 0 spiro atoms. The summed E-state index contributed by atoms with van der Waals surface area (Å²) < 4.78 is 0. The Morgan fingerprint density at radius 1 is 1.17 bits per heavy atom. The highest BCUT2D eigenvalue weighted by Crippen LogP contribution is 2.29. The molecule has 1 aliphatic rings. The van der Waals surface area contributed by atoms with Crippen molar-refractivity contribution in [3.05, 3.63) is 0 Å². The molecule has 0 aromatic heterocycles. The number of hydrogen-bond donors (Lipinski definition) is 5. The Bertz CT molecular complexity index is 151. The number of aliphatic hydroxyl groups excluding tert-OH is 5. The molecule has 12 heavy (non-hydrogen) atoms. The second-order valence-electron chi connectivity index (χ2n) is 3.20. The van der Waals surface area contributed by atoms with Crippen LogP contribution in [0.25, 0.3) is 0 Å². The van der Waals surface area contributed by atoms with Gasteiger partial charge in [0.2, 0.25) is 0 Å². The van der Waals surface area contributed by atoms with Crippen molar-refractivity contribution >= 4 is 0 Å². The smallest absolute Gasteiger partial charge is 0.106 e. The molecule has 5 N–H and O–H groups in total. The van der Waals surface area contributed by atoms with Gasteiger partial charge in [0.15, 0.2) is 0 Å². The highest BCUT2D eigenvalue weighted by molar-refractivity contribution is 4.93. The molecule has 0 unspecified atom stereocenters. The Balaban J connectivity index is 2.58. The molecule has 5 heteroatoms. The largest absolute Gasteiger partial charge is 0.394 e. The maximum atomic E-state index is 9.25. The van der Waals surface area contributed by atoms with E-state index < -0.39 is 36.9 Å². The first-order chi connectivity index (χ1) is 5.57. The van der Waals surface area contributed by atoms with Crippen molar-refractivity contribution in [2.45, 2.75) is 30.8 Å². The molecule has 0 radical (unpaired) electrons. The van der Waals surface area contributed by atoms with Crippen LogP contribution in [0.15, 0.2) is 0 Å². The van der Waals surface area contributed by atoms with E-state index in [-0.39, 0.29) is 6.42 Å². The van der Waals surface area contributed by atoms with E-state index >= 15 is 0 Å².